The molecule has 0 atom stereocenters. The monoisotopic (exact) mass is 669 g/mol. The lowest BCUT2D eigenvalue weighted by molar-refractivity contribution is 0.646. The fraction of sp³-hybridized carbons (Fsp3) is 0.102. The Labute approximate surface area is 305 Å². The Balaban J connectivity index is 1.17. The van der Waals surface area contributed by atoms with Gasteiger partial charge in [-0.25, -0.2) is 0 Å². The van der Waals surface area contributed by atoms with E-state index in [2.05, 4.69) is 174 Å². The zero-order valence-corrected chi connectivity index (χ0v) is 29.4. The van der Waals surface area contributed by atoms with E-state index in [1.54, 1.807) is 0 Å². The third-order valence-electron chi connectivity index (χ3n) is 10.5. The number of rotatable bonds is 8. The third-order valence-corrected chi connectivity index (χ3v) is 10.5. The van der Waals surface area contributed by atoms with Crippen LogP contribution in [0.1, 0.15) is 41.7 Å². The first-order valence-electron chi connectivity index (χ1n) is 18.2. The summed E-state index contributed by atoms with van der Waals surface area (Å²) in [5.41, 5.74) is 14.1. The van der Waals surface area contributed by atoms with Crippen LogP contribution < -0.4 is 0 Å². The summed E-state index contributed by atoms with van der Waals surface area (Å²) in [7, 11) is 0. The van der Waals surface area contributed by atoms with Crippen LogP contribution in [-0.4, -0.2) is 14.8 Å². The number of aromatic nitrogens is 3. The van der Waals surface area contributed by atoms with E-state index >= 15 is 0 Å². The highest BCUT2D eigenvalue weighted by molar-refractivity contribution is 5.86. The zero-order chi connectivity index (χ0) is 35.1. The SMILES string of the molecule is CC(C)Cc1ccc(C2(c3cccc(-c4ccc(-n5c(-c6ccccc6)nnc5-c5ccccc5)cc4)c3)c3ccccc3-c3ccccc32)cc1. The molecule has 0 amide bonds. The quantitative estimate of drug-likeness (QED) is 0.161. The minimum absolute atomic E-state index is 0.447. The summed E-state index contributed by atoms with van der Waals surface area (Å²) < 4.78 is 2.16. The molecule has 0 fully saturated rings. The molecule has 1 aliphatic carbocycles. The third kappa shape index (κ3) is 5.29. The van der Waals surface area contributed by atoms with Crippen LogP contribution in [0.5, 0.6) is 0 Å². The molecule has 3 nitrogen and oxygen atoms in total. The maximum Gasteiger partial charge on any atom is 0.168 e. The van der Waals surface area contributed by atoms with Gasteiger partial charge in [-0.2, -0.15) is 0 Å². The van der Waals surface area contributed by atoms with Gasteiger partial charge in [0, 0.05) is 16.8 Å². The van der Waals surface area contributed by atoms with E-state index in [1.165, 1.54) is 44.5 Å². The molecule has 0 bridgehead atoms. The summed E-state index contributed by atoms with van der Waals surface area (Å²) in [6.07, 6.45) is 1.07. The van der Waals surface area contributed by atoms with Gasteiger partial charge in [-0.15, -0.1) is 10.2 Å². The highest BCUT2D eigenvalue weighted by Crippen LogP contribution is 2.56. The van der Waals surface area contributed by atoms with Gasteiger partial charge in [0.1, 0.15) is 0 Å². The molecule has 0 unspecified atom stereocenters. The molecule has 3 heteroatoms. The second-order valence-corrected chi connectivity index (χ2v) is 14.2. The standard InChI is InChI=1S/C49H39N3/c1-34(2)32-35-24-28-40(29-25-35)49(45-22-11-9-20-43(45)44-21-10-12-23-46(44)49)41-19-13-18-39(33-41)36-26-30-42(31-27-36)52-47(37-14-5-3-6-15-37)50-51-48(52)38-16-7-4-8-17-38/h3-31,33-34H,32H2,1-2H3. The highest BCUT2D eigenvalue weighted by Gasteiger charge is 2.46. The van der Waals surface area contributed by atoms with Crippen molar-refractivity contribution in [3.05, 3.63) is 210 Å². The van der Waals surface area contributed by atoms with Crippen molar-refractivity contribution in [3.8, 4) is 50.7 Å². The molecule has 7 aromatic carbocycles. The van der Waals surface area contributed by atoms with E-state index < -0.39 is 5.41 Å². The summed E-state index contributed by atoms with van der Waals surface area (Å²) in [6, 6.07) is 65.9. The lowest BCUT2D eigenvalue weighted by Gasteiger charge is -2.34. The molecule has 1 heterocycles. The van der Waals surface area contributed by atoms with Gasteiger partial charge < -0.3 is 0 Å². The summed E-state index contributed by atoms with van der Waals surface area (Å²) in [6.45, 7) is 4.57. The largest absolute Gasteiger partial charge is 0.275 e. The van der Waals surface area contributed by atoms with Gasteiger partial charge >= 0.3 is 0 Å². The van der Waals surface area contributed by atoms with Crippen molar-refractivity contribution in [3.63, 3.8) is 0 Å². The molecule has 0 saturated carbocycles. The van der Waals surface area contributed by atoms with Crippen molar-refractivity contribution in [1.29, 1.82) is 0 Å². The van der Waals surface area contributed by atoms with Gasteiger partial charge in [0.2, 0.25) is 0 Å². The molecule has 52 heavy (non-hydrogen) atoms. The van der Waals surface area contributed by atoms with E-state index in [-0.39, 0.29) is 0 Å². The molecular formula is C49H39N3. The van der Waals surface area contributed by atoms with E-state index in [0.717, 1.165) is 40.4 Å². The van der Waals surface area contributed by atoms with Gasteiger partial charge in [-0.1, -0.05) is 178 Å². The summed E-state index contributed by atoms with van der Waals surface area (Å²) in [4.78, 5) is 0. The molecule has 0 N–H and O–H groups in total. The Morgan fingerprint density at radius 1 is 0.462 bits per heavy atom. The second kappa shape index (κ2) is 13.1. The maximum atomic E-state index is 4.68. The van der Waals surface area contributed by atoms with Crippen LogP contribution in [0.2, 0.25) is 0 Å². The number of benzene rings is 7. The molecular weight excluding hydrogens is 631 g/mol. The molecule has 250 valence electrons. The molecule has 1 aliphatic rings. The predicted molar refractivity (Wildman–Crippen MR) is 214 cm³/mol. The smallest absolute Gasteiger partial charge is 0.168 e. The number of fused-ring (bicyclic) bond motifs is 3. The van der Waals surface area contributed by atoms with E-state index in [9.17, 15) is 0 Å². The van der Waals surface area contributed by atoms with Crippen molar-refractivity contribution in [2.24, 2.45) is 5.92 Å². The highest BCUT2D eigenvalue weighted by atomic mass is 15.3. The van der Waals surface area contributed by atoms with Crippen LogP contribution in [0, 0.1) is 5.92 Å². The normalized spacial score (nSPS) is 12.8. The summed E-state index contributed by atoms with van der Waals surface area (Å²) in [5, 5.41) is 9.36. The Morgan fingerprint density at radius 2 is 0.981 bits per heavy atom. The molecule has 0 spiro atoms. The van der Waals surface area contributed by atoms with Gasteiger partial charge in [0.15, 0.2) is 11.6 Å². The fourth-order valence-corrected chi connectivity index (χ4v) is 8.20. The van der Waals surface area contributed by atoms with E-state index in [1.807, 2.05) is 36.4 Å². The average Bonchev–Trinajstić information content (AvgIpc) is 3.78. The van der Waals surface area contributed by atoms with Gasteiger partial charge in [-0.3, -0.25) is 4.57 Å². The van der Waals surface area contributed by atoms with Gasteiger partial charge in [-0.05, 0) is 80.6 Å². The number of nitrogens with zero attached hydrogens (tertiary/aromatic N) is 3. The van der Waals surface area contributed by atoms with Crippen LogP contribution >= 0.6 is 0 Å². The lowest BCUT2D eigenvalue weighted by Crippen LogP contribution is -2.28. The van der Waals surface area contributed by atoms with Crippen molar-refractivity contribution in [1.82, 2.24) is 14.8 Å². The second-order valence-electron chi connectivity index (χ2n) is 14.2. The first-order chi connectivity index (χ1) is 25.6. The topological polar surface area (TPSA) is 30.7 Å². The van der Waals surface area contributed by atoms with Crippen LogP contribution in [0.15, 0.2) is 182 Å². The van der Waals surface area contributed by atoms with Gasteiger partial charge in [0.25, 0.3) is 0 Å². The first kappa shape index (κ1) is 31.6. The van der Waals surface area contributed by atoms with Crippen molar-refractivity contribution >= 4 is 0 Å². The molecule has 1 aromatic heterocycles. The average molecular weight is 670 g/mol. The van der Waals surface area contributed by atoms with E-state index in [4.69, 9.17) is 0 Å². The number of hydrogen-bond donors (Lipinski definition) is 0. The Morgan fingerprint density at radius 3 is 1.54 bits per heavy atom. The molecule has 9 rings (SSSR count). The maximum absolute atomic E-state index is 4.68. The minimum Gasteiger partial charge on any atom is -0.275 e. The Kier molecular flexibility index (Phi) is 7.97. The summed E-state index contributed by atoms with van der Waals surface area (Å²) in [5.74, 6) is 2.24. The van der Waals surface area contributed by atoms with Crippen LogP contribution in [0.25, 0.3) is 50.7 Å². The van der Waals surface area contributed by atoms with Gasteiger partial charge in [0.05, 0.1) is 5.41 Å². The Bertz CT molecular complexity index is 2390. The van der Waals surface area contributed by atoms with Crippen LogP contribution in [0.3, 0.4) is 0 Å². The van der Waals surface area contributed by atoms with E-state index in [0.29, 0.717) is 5.92 Å². The van der Waals surface area contributed by atoms with Crippen molar-refractivity contribution < 1.29 is 0 Å². The molecule has 0 aliphatic heterocycles. The van der Waals surface area contributed by atoms with Crippen LogP contribution in [-0.2, 0) is 11.8 Å². The first-order valence-corrected chi connectivity index (χ1v) is 18.2. The van der Waals surface area contributed by atoms with Crippen LogP contribution in [0.4, 0.5) is 0 Å². The number of hydrogen-bond acceptors (Lipinski definition) is 2. The Hall–Kier alpha value is -6.32. The fourth-order valence-electron chi connectivity index (χ4n) is 8.20. The minimum atomic E-state index is -0.447. The predicted octanol–water partition coefficient (Wildman–Crippen LogP) is 11.8. The molecule has 0 saturated heterocycles. The van der Waals surface area contributed by atoms with Crippen molar-refractivity contribution in [2.75, 3.05) is 0 Å². The molecule has 8 aromatic rings. The van der Waals surface area contributed by atoms with Crippen molar-refractivity contribution in [2.45, 2.75) is 25.7 Å². The lowest BCUT2D eigenvalue weighted by atomic mass is 9.67. The summed E-state index contributed by atoms with van der Waals surface area (Å²) >= 11 is 0. The zero-order valence-electron chi connectivity index (χ0n) is 29.4. The molecule has 0 radical (unpaired) electrons.